The summed E-state index contributed by atoms with van der Waals surface area (Å²) in [7, 11) is 0. The second-order valence-electron chi connectivity index (χ2n) is 5.05. The van der Waals surface area contributed by atoms with E-state index in [0.717, 1.165) is 17.7 Å². The van der Waals surface area contributed by atoms with Crippen molar-refractivity contribution in [2.75, 3.05) is 4.90 Å². The molecule has 0 atom stereocenters. The SMILES string of the molecule is N=C1c2ccccc2CN1c1ccc([N+](=O)[O-])c(C(F)(F)F)c1. The van der Waals surface area contributed by atoms with Gasteiger partial charge in [-0.15, -0.1) is 0 Å². The Bertz CT molecular complexity index is 818. The summed E-state index contributed by atoms with van der Waals surface area (Å²) < 4.78 is 39.2. The highest BCUT2D eigenvalue weighted by Crippen LogP contribution is 2.39. The number of anilines is 1. The molecule has 0 aliphatic carbocycles. The molecule has 1 aliphatic heterocycles. The summed E-state index contributed by atoms with van der Waals surface area (Å²) in [5.74, 6) is 0.0718. The van der Waals surface area contributed by atoms with Gasteiger partial charge in [-0.3, -0.25) is 15.5 Å². The van der Waals surface area contributed by atoms with Crippen molar-refractivity contribution in [3.05, 3.63) is 69.3 Å². The maximum absolute atomic E-state index is 13.1. The van der Waals surface area contributed by atoms with E-state index in [1.807, 2.05) is 0 Å². The molecule has 0 fully saturated rings. The lowest BCUT2D eigenvalue weighted by Crippen LogP contribution is -2.23. The van der Waals surface area contributed by atoms with Gasteiger partial charge in [0.05, 0.1) is 11.5 Å². The average molecular weight is 321 g/mol. The van der Waals surface area contributed by atoms with Gasteiger partial charge in [0, 0.05) is 17.3 Å². The van der Waals surface area contributed by atoms with Crippen LogP contribution < -0.4 is 4.90 Å². The minimum atomic E-state index is -4.84. The molecule has 118 valence electrons. The van der Waals surface area contributed by atoms with E-state index >= 15 is 0 Å². The Morgan fingerprint density at radius 3 is 2.48 bits per heavy atom. The summed E-state index contributed by atoms with van der Waals surface area (Å²) in [5, 5.41) is 18.9. The molecule has 0 saturated carbocycles. The van der Waals surface area contributed by atoms with E-state index in [0.29, 0.717) is 5.56 Å². The number of benzene rings is 2. The first-order valence-corrected chi connectivity index (χ1v) is 6.59. The molecule has 23 heavy (non-hydrogen) atoms. The van der Waals surface area contributed by atoms with Crippen molar-refractivity contribution in [1.82, 2.24) is 0 Å². The summed E-state index contributed by atoms with van der Waals surface area (Å²) in [4.78, 5) is 11.1. The van der Waals surface area contributed by atoms with Crippen molar-refractivity contribution in [2.24, 2.45) is 0 Å². The molecule has 2 aromatic rings. The quantitative estimate of drug-likeness (QED) is 0.672. The topological polar surface area (TPSA) is 70.2 Å². The third kappa shape index (κ3) is 2.52. The molecule has 0 radical (unpaired) electrons. The summed E-state index contributed by atoms with van der Waals surface area (Å²) >= 11 is 0. The molecular weight excluding hydrogens is 311 g/mol. The molecular formula is C15H10F3N3O2. The van der Waals surface area contributed by atoms with E-state index in [2.05, 4.69) is 0 Å². The third-order valence-electron chi connectivity index (χ3n) is 3.66. The molecule has 0 amide bonds. The second-order valence-corrected chi connectivity index (χ2v) is 5.05. The van der Waals surface area contributed by atoms with Crippen molar-refractivity contribution in [3.8, 4) is 0 Å². The van der Waals surface area contributed by atoms with Crippen LogP contribution in [0.1, 0.15) is 16.7 Å². The van der Waals surface area contributed by atoms with E-state index in [9.17, 15) is 23.3 Å². The van der Waals surface area contributed by atoms with Crippen LogP contribution in [0.4, 0.5) is 24.5 Å². The monoisotopic (exact) mass is 321 g/mol. The van der Waals surface area contributed by atoms with Crippen LogP contribution in [0.15, 0.2) is 42.5 Å². The molecule has 1 N–H and O–H groups in total. The lowest BCUT2D eigenvalue weighted by molar-refractivity contribution is -0.388. The molecule has 1 aliphatic rings. The Hall–Kier alpha value is -2.90. The number of amidine groups is 1. The predicted octanol–water partition coefficient (Wildman–Crippen LogP) is 3.96. The highest BCUT2D eigenvalue weighted by Gasteiger charge is 2.39. The van der Waals surface area contributed by atoms with Gasteiger partial charge in [0.15, 0.2) is 0 Å². The Morgan fingerprint density at radius 2 is 1.87 bits per heavy atom. The molecule has 2 aromatic carbocycles. The molecule has 0 bridgehead atoms. The van der Waals surface area contributed by atoms with Crippen LogP contribution in [-0.2, 0) is 12.7 Å². The molecule has 0 saturated heterocycles. The zero-order valence-electron chi connectivity index (χ0n) is 11.6. The van der Waals surface area contributed by atoms with Crippen LogP contribution in [0.3, 0.4) is 0 Å². The number of nitro benzene ring substituents is 1. The van der Waals surface area contributed by atoms with Gasteiger partial charge in [0.2, 0.25) is 0 Å². The van der Waals surface area contributed by atoms with E-state index in [1.165, 1.54) is 11.0 Å². The van der Waals surface area contributed by atoms with Gasteiger partial charge < -0.3 is 4.90 Å². The van der Waals surface area contributed by atoms with Gasteiger partial charge in [-0.05, 0) is 17.7 Å². The standard InChI is InChI=1S/C15H10F3N3O2/c16-15(17,18)12-7-10(5-6-13(12)21(22)23)20-8-9-3-1-2-4-11(9)14(20)19/h1-7,19H,8H2. The lowest BCUT2D eigenvalue weighted by Gasteiger charge is -2.19. The summed E-state index contributed by atoms with van der Waals surface area (Å²) in [6, 6.07) is 9.81. The number of fused-ring (bicyclic) bond motifs is 1. The number of alkyl halides is 3. The van der Waals surface area contributed by atoms with Crippen molar-refractivity contribution in [1.29, 1.82) is 5.41 Å². The van der Waals surface area contributed by atoms with E-state index in [1.54, 1.807) is 24.3 Å². The van der Waals surface area contributed by atoms with Crippen molar-refractivity contribution in [2.45, 2.75) is 12.7 Å². The summed E-state index contributed by atoms with van der Waals surface area (Å²) in [6.07, 6.45) is -4.84. The van der Waals surface area contributed by atoms with E-state index in [4.69, 9.17) is 5.41 Å². The van der Waals surface area contributed by atoms with Gasteiger partial charge in [-0.1, -0.05) is 24.3 Å². The maximum atomic E-state index is 13.1. The van der Waals surface area contributed by atoms with Gasteiger partial charge >= 0.3 is 6.18 Å². The zero-order chi connectivity index (χ0) is 16.8. The first kappa shape index (κ1) is 15.0. The van der Waals surface area contributed by atoms with Crippen molar-refractivity contribution in [3.63, 3.8) is 0 Å². The molecule has 0 aromatic heterocycles. The summed E-state index contributed by atoms with van der Waals surface area (Å²) in [6.45, 7) is 0.254. The fraction of sp³-hybridized carbons (Fsp3) is 0.133. The normalized spacial score (nSPS) is 14.0. The van der Waals surface area contributed by atoms with E-state index in [-0.39, 0.29) is 18.1 Å². The number of nitrogens with zero attached hydrogens (tertiary/aromatic N) is 2. The van der Waals surface area contributed by atoms with Crippen LogP contribution in [-0.4, -0.2) is 10.8 Å². The minimum Gasteiger partial charge on any atom is -0.322 e. The maximum Gasteiger partial charge on any atom is 0.423 e. The number of hydrogen-bond acceptors (Lipinski definition) is 3. The van der Waals surface area contributed by atoms with E-state index < -0.39 is 22.4 Å². The smallest absolute Gasteiger partial charge is 0.322 e. The first-order chi connectivity index (χ1) is 10.8. The number of rotatable bonds is 2. The molecule has 3 rings (SSSR count). The fourth-order valence-corrected chi connectivity index (χ4v) is 2.58. The summed E-state index contributed by atoms with van der Waals surface area (Å²) in [5.41, 5.74) is -0.749. The molecule has 0 spiro atoms. The van der Waals surface area contributed by atoms with Crippen LogP contribution in [0.5, 0.6) is 0 Å². The fourth-order valence-electron chi connectivity index (χ4n) is 2.58. The van der Waals surface area contributed by atoms with Crippen LogP contribution >= 0.6 is 0 Å². The Labute approximate surface area is 128 Å². The Kier molecular flexibility index (Phi) is 3.32. The van der Waals surface area contributed by atoms with Crippen LogP contribution in [0.25, 0.3) is 0 Å². The van der Waals surface area contributed by atoms with Crippen molar-refractivity contribution < 1.29 is 18.1 Å². The molecule has 8 heteroatoms. The number of nitro groups is 1. The first-order valence-electron chi connectivity index (χ1n) is 6.59. The lowest BCUT2D eigenvalue weighted by atomic mass is 10.1. The minimum absolute atomic E-state index is 0.0718. The van der Waals surface area contributed by atoms with Crippen LogP contribution in [0.2, 0.25) is 0 Å². The largest absolute Gasteiger partial charge is 0.423 e. The Balaban J connectivity index is 2.06. The molecule has 5 nitrogen and oxygen atoms in total. The highest BCUT2D eigenvalue weighted by molar-refractivity contribution is 6.11. The number of halogens is 3. The van der Waals surface area contributed by atoms with Gasteiger partial charge in [-0.25, -0.2) is 0 Å². The highest BCUT2D eigenvalue weighted by atomic mass is 19.4. The number of nitrogens with one attached hydrogen (secondary N) is 1. The zero-order valence-corrected chi connectivity index (χ0v) is 11.6. The van der Waals surface area contributed by atoms with Crippen molar-refractivity contribution >= 4 is 17.2 Å². The van der Waals surface area contributed by atoms with Gasteiger partial charge in [0.25, 0.3) is 5.69 Å². The predicted molar refractivity (Wildman–Crippen MR) is 77.6 cm³/mol. The Morgan fingerprint density at radius 1 is 1.17 bits per heavy atom. The second kappa shape index (κ2) is 5.08. The van der Waals surface area contributed by atoms with Gasteiger partial charge in [0.1, 0.15) is 11.4 Å². The average Bonchev–Trinajstić information content (AvgIpc) is 2.83. The number of hydrogen-bond donors (Lipinski definition) is 1. The third-order valence-corrected chi connectivity index (χ3v) is 3.66. The molecule has 1 heterocycles. The van der Waals surface area contributed by atoms with Crippen LogP contribution in [0, 0.1) is 15.5 Å². The van der Waals surface area contributed by atoms with Gasteiger partial charge in [-0.2, -0.15) is 13.2 Å². The molecule has 0 unspecified atom stereocenters.